The molecular formula is C25H35N5O3S. The number of carbonyl (C=O) groups excluding carboxylic acids is 1. The molecule has 34 heavy (non-hydrogen) atoms. The monoisotopic (exact) mass is 485 g/mol. The predicted octanol–water partition coefficient (Wildman–Crippen LogP) is 2.77. The molecular weight excluding hydrogens is 450 g/mol. The molecule has 2 aliphatic heterocycles. The Bertz CT molecular complexity index is 1150. The molecule has 2 saturated heterocycles. The van der Waals surface area contributed by atoms with Crippen LogP contribution in [0.5, 0.6) is 0 Å². The van der Waals surface area contributed by atoms with Crippen LogP contribution in [0.4, 0.5) is 5.95 Å². The van der Waals surface area contributed by atoms with E-state index in [1.54, 1.807) is 22.8 Å². The largest absolute Gasteiger partial charge is 0.340 e. The van der Waals surface area contributed by atoms with Gasteiger partial charge in [-0.05, 0) is 81.3 Å². The molecule has 0 aliphatic carbocycles. The smallest absolute Gasteiger partial charge is 0.243 e. The zero-order valence-electron chi connectivity index (χ0n) is 20.8. The lowest BCUT2D eigenvalue weighted by Crippen LogP contribution is -2.53. The Hall–Kier alpha value is -2.52. The summed E-state index contributed by atoms with van der Waals surface area (Å²) in [5, 5.41) is 0. The van der Waals surface area contributed by atoms with E-state index in [4.69, 9.17) is 0 Å². The molecule has 1 aromatic heterocycles. The molecule has 3 heterocycles. The molecule has 1 amide bonds. The third-order valence-corrected chi connectivity index (χ3v) is 9.86. The molecule has 0 saturated carbocycles. The summed E-state index contributed by atoms with van der Waals surface area (Å²) in [5.74, 6) is 0.644. The molecule has 2 fully saturated rings. The number of amides is 1. The number of piperidine rings is 1. The Morgan fingerprint density at radius 1 is 0.853 bits per heavy atom. The highest BCUT2D eigenvalue weighted by Gasteiger charge is 2.36. The normalized spacial score (nSPS) is 20.0. The van der Waals surface area contributed by atoms with Gasteiger partial charge < -0.3 is 9.80 Å². The number of hydrogen-bond acceptors (Lipinski definition) is 6. The van der Waals surface area contributed by atoms with Crippen molar-refractivity contribution >= 4 is 21.9 Å². The van der Waals surface area contributed by atoms with Crippen LogP contribution in [0.3, 0.4) is 0 Å². The average Bonchev–Trinajstić information content (AvgIpc) is 2.86. The number of nitrogens with zero attached hydrogens (tertiary/aromatic N) is 5. The Morgan fingerprint density at radius 2 is 1.41 bits per heavy atom. The first kappa shape index (κ1) is 24.6. The second-order valence-electron chi connectivity index (χ2n) is 9.52. The maximum atomic E-state index is 13.6. The van der Waals surface area contributed by atoms with Crippen LogP contribution in [0.25, 0.3) is 0 Å². The van der Waals surface area contributed by atoms with Crippen LogP contribution in [-0.2, 0) is 14.8 Å². The Kier molecular flexibility index (Phi) is 6.96. The maximum absolute atomic E-state index is 13.6. The van der Waals surface area contributed by atoms with Gasteiger partial charge in [0.15, 0.2) is 0 Å². The number of hydrogen-bond donors (Lipinski definition) is 0. The fraction of sp³-hybridized carbons (Fsp3) is 0.560. The summed E-state index contributed by atoms with van der Waals surface area (Å²) in [6.45, 7) is 12.7. The van der Waals surface area contributed by atoms with Crippen molar-refractivity contribution in [2.45, 2.75) is 52.4 Å². The number of carbonyl (C=O) groups is 1. The first-order valence-corrected chi connectivity index (χ1v) is 13.4. The van der Waals surface area contributed by atoms with Crippen LogP contribution in [0.2, 0.25) is 0 Å². The van der Waals surface area contributed by atoms with Crippen molar-refractivity contribution in [3.8, 4) is 0 Å². The Balaban J connectivity index is 1.45. The minimum Gasteiger partial charge on any atom is -0.340 e. The van der Waals surface area contributed by atoms with Crippen molar-refractivity contribution in [1.29, 1.82) is 0 Å². The van der Waals surface area contributed by atoms with Gasteiger partial charge in [-0.2, -0.15) is 4.31 Å². The van der Waals surface area contributed by atoms with Crippen molar-refractivity contribution in [3.63, 3.8) is 0 Å². The molecule has 2 aromatic rings. The molecule has 0 bridgehead atoms. The molecule has 1 aromatic carbocycles. The number of rotatable bonds is 4. The van der Waals surface area contributed by atoms with Gasteiger partial charge in [-0.15, -0.1) is 0 Å². The Labute approximate surface area is 203 Å². The van der Waals surface area contributed by atoms with Gasteiger partial charge in [0.1, 0.15) is 0 Å². The first-order valence-electron chi connectivity index (χ1n) is 12.0. The lowest BCUT2D eigenvalue weighted by Gasteiger charge is -2.39. The zero-order chi connectivity index (χ0) is 24.6. The third kappa shape index (κ3) is 4.43. The quantitative estimate of drug-likeness (QED) is 0.662. The van der Waals surface area contributed by atoms with E-state index in [0.717, 1.165) is 47.2 Å². The summed E-state index contributed by atoms with van der Waals surface area (Å²) in [7, 11) is -3.63. The fourth-order valence-corrected chi connectivity index (χ4v) is 7.19. The average molecular weight is 486 g/mol. The van der Waals surface area contributed by atoms with E-state index in [9.17, 15) is 13.2 Å². The van der Waals surface area contributed by atoms with E-state index in [1.165, 1.54) is 0 Å². The second-order valence-corrected chi connectivity index (χ2v) is 11.4. The van der Waals surface area contributed by atoms with Crippen molar-refractivity contribution in [2.24, 2.45) is 5.92 Å². The van der Waals surface area contributed by atoms with Gasteiger partial charge in [0, 0.05) is 51.7 Å². The van der Waals surface area contributed by atoms with E-state index < -0.39 is 10.0 Å². The van der Waals surface area contributed by atoms with Crippen LogP contribution in [0, 0.1) is 40.5 Å². The standard InChI is InChI=1S/C25H35N5O3S/c1-17-18(2)20(4)23(21(5)19(17)3)34(32,33)30-14-12-28(13-15-30)24(31)22-8-6-11-29(16-22)25-26-9-7-10-27-25/h7,9-10,22H,6,8,11-16H2,1-5H3. The predicted molar refractivity (Wildman–Crippen MR) is 132 cm³/mol. The molecule has 0 spiro atoms. The number of anilines is 1. The summed E-state index contributed by atoms with van der Waals surface area (Å²) in [5.41, 5.74) is 4.85. The van der Waals surface area contributed by atoms with Crippen LogP contribution in [0.15, 0.2) is 23.4 Å². The van der Waals surface area contributed by atoms with E-state index in [0.29, 0.717) is 43.6 Å². The van der Waals surface area contributed by atoms with E-state index in [1.807, 2.05) is 39.5 Å². The van der Waals surface area contributed by atoms with Gasteiger partial charge in [-0.25, -0.2) is 18.4 Å². The van der Waals surface area contributed by atoms with Crippen molar-refractivity contribution in [1.82, 2.24) is 19.2 Å². The number of benzene rings is 1. The van der Waals surface area contributed by atoms with Gasteiger partial charge in [0.05, 0.1) is 10.8 Å². The minimum atomic E-state index is -3.63. The summed E-state index contributed by atoms with van der Waals surface area (Å²) < 4.78 is 28.8. The highest BCUT2D eigenvalue weighted by Crippen LogP contribution is 2.32. The van der Waals surface area contributed by atoms with Crippen LogP contribution < -0.4 is 4.90 Å². The van der Waals surface area contributed by atoms with Crippen LogP contribution in [0.1, 0.15) is 40.7 Å². The van der Waals surface area contributed by atoms with E-state index in [2.05, 4.69) is 14.9 Å². The van der Waals surface area contributed by atoms with Gasteiger partial charge in [-0.3, -0.25) is 4.79 Å². The summed E-state index contributed by atoms with van der Waals surface area (Å²) in [4.78, 5) is 26.3. The van der Waals surface area contributed by atoms with Crippen molar-refractivity contribution in [2.75, 3.05) is 44.2 Å². The summed E-state index contributed by atoms with van der Waals surface area (Å²) in [6.07, 6.45) is 5.18. The number of piperazine rings is 1. The molecule has 8 nitrogen and oxygen atoms in total. The highest BCUT2D eigenvalue weighted by molar-refractivity contribution is 7.89. The van der Waals surface area contributed by atoms with Crippen molar-refractivity contribution in [3.05, 3.63) is 46.3 Å². The second kappa shape index (κ2) is 9.62. The summed E-state index contributed by atoms with van der Waals surface area (Å²) in [6, 6.07) is 1.78. The lowest BCUT2D eigenvalue weighted by molar-refractivity contribution is -0.137. The number of sulfonamides is 1. The molecule has 1 unspecified atom stereocenters. The molecule has 9 heteroatoms. The lowest BCUT2D eigenvalue weighted by atomic mass is 9.95. The van der Waals surface area contributed by atoms with Gasteiger partial charge in [0.2, 0.25) is 21.9 Å². The maximum Gasteiger partial charge on any atom is 0.243 e. The van der Waals surface area contributed by atoms with Gasteiger partial charge >= 0.3 is 0 Å². The minimum absolute atomic E-state index is 0.104. The Morgan fingerprint density at radius 3 is 2.00 bits per heavy atom. The topological polar surface area (TPSA) is 86.7 Å². The molecule has 0 N–H and O–H groups in total. The van der Waals surface area contributed by atoms with E-state index >= 15 is 0 Å². The van der Waals surface area contributed by atoms with Crippen LogP contribution in [-0.4, -0.2) is 72.8 Å². The number of aromatic nitrogens is 2. The SMILES string of the molecule is Cc1c(C)c(C)c(S(=O)(=O)N2CCN(C(=O)C3CCCN(c4ncccn4)C3)CC2)c(C)c1C. The van der Waals surface area contributed by atoms with Gasteiger partial charge in [-0.1, -0.05) is 0 Å². The molecule has 2 aliphatic rings. The first-order chi connectivity index (χ1) is 16.1. The molecule has 1 atom stereocenters. The fourth-order valence-electron chi connectivity index (χ4n) is 5.20. The molecule has 4 rings (SSSR count). The van der Waals surface area contributed by atoms with E-state index in [-0.39, 0.29) is 11.8 Å². The zero-order valence-corrected chi connectivity index (χ0v) is 21.7. The van der Waals surface area contributed by atoms with Crippen molar-refractivity contribution < 1.29 is 13.2 Å². The highest BCUT2D eigenvalue weighted by atomic mass is 32.2. The third-order valence-electron chi connectivity index (χ3n) is 7.68. The molecule has 0 radical (unpaired) electrons. The molecule has 184 valence electrons. The van der Waals surface area contributed by atoms with Crippen LogP contribution >= 0.6 is 0 Å². The summed E-state index contributed by atoms with van der Waals surface area (Å²) >= 11 is 0. The van der Waals surface area contributed by atoms with Gasteiger partial charge in [0.25, 0.3) is 0 Å².